The van der Waals surface area contributed by atoms with E-state index < -0.39 is 0 Å². The SMILES string of the molecule is CN(c1cn(C)c2ccccc12)C(C)(C)CN. The second-order valence-corrected chi connectivity index (χ2v) is 5.22. The van der Waals surface area contributed by atoms with Gasteiger partial charge in [0.25, 0.3) is 0 Å². The molecule has 0 amide bonds. The van der Waals surface area contributed by atoms with Gasteiger partial charge in [-0.1, -0.05) is 18.2 Å². The molecule has 0 bridgehead atoms. The van der Waals surface area contributed by atoms with Crippen LogP contribution in [-0.4, -0.2) is 23.7 Å². The van der Waals surface area contributed by atoms with E-state index in [9.17, 15) is 0 Å². The van der Waals surface area contributed by atoms with Crippen LogP contribution in [0.15, 0.2) is 30.5 Å². The van der Waals surface area contributed by atoms with Crippen molar-refractivity contribution in [1.82, 2.24) is 4.57 Å². The fourth-order valence-electron chi connectivity index (χ4n) is 2.05. The normalized spacial score (nSPS) is 12.1. The summed E-state index contributed by atoms with van der Waals surface area (Å²) in [6.07, 6.45) is 2.17. The average molecular weight is 231 g/mol. The Kier molecular flexibility index (Phi) is 2.87. The van der Waals surface area contributed by atoms with Crippen LogP contribution in [0.3, 0.4) is 0 Å². The Morgan fingerprint density at radius 1 is 1.29 bits per heavy atom. The molecule has 0 atom stereocenters. The van der Waals surface area contributed by atoms with E-state index in [1.54, 1.807) is 0 Å². The highest BCUT2D eigenvalue weighted by molar-refractivity contribution is 5.93. The minimum Gasteiger partial charge on any atom is -0.366 e. The Hall–Kier alpha value is -1.48. The van der Waals surface area contributed by atoms with Gasteiger partial charge in [0.2, 0.25) is 0 Å². The van der Waals surface area contributed by atoms with Gasteiger partial charge in [0.15, 0.2) is 0 Å². The zero-order chi connectivity index (χ0) is 12.6. The molecule has 92 valence electrons. The van der Waals surface area contributed by atoms with Gasteiger partial charge in [-0.3, -0.25) is 0 Å². The molecule has 17 heavy (non-hydrogen) atoms. The molecule has 0 saturated heterocycles. The molecule has 0 fully saturated rings. The summed E-state index contributed by atoms with van der Waals surface area (Å²) in [5.41, 5.74) is 8.30. The predicted octanol–water partition coefficient (Wildman–Crippen LogP) is 2.35. The van der Waals surface area contributed by atoms with E-state index in [0.717, 1.165) is 0 Å². The maximum Gasteiger partial charge on any atom is 0.0628 e. The number of benzene rings is 1. The summed E-state index contributed by atoms with van der Waals surface area (Å²) in [6, 6.07) is 8.45. The molecule has 0 aliphatic carbocycles. The first-order valence-corrected chi connectivity index (χ1v) is 5.95. The minimum atomic E-state index is -0.0376. The smallest absolute Gasteiger partial charge is 0.0628 e. The van der Waals surface area contributed by atoms with Crippen LogP contribution < -0.4 is 10.6 Å². The Labute approximate surface area is 103 Å². The highest BCUT2D eigenvalue weighted by atomic mass is 15.2. The van der Waals surface area contributed by atoms with Gasteiger partial charge >= 0.3 is 0 Å². The summed E-state index contributed by atoms with van der Waals surface area (Å²) >= 11 is 0. The van der Waals surface area contributed by atoms with Crippen LogP contribution in [0.4, 0.5) is 5.69 Å². The number of aryl methyl sites for hydroxylation is 1. The van der Waals surface area contributed by atoms with E-state index in [0.29, 0.717) is 6.54 Å². The molecule has 1 heterocycles. The molecule has 0 aliphatic rings. The van der Waals surface area contributed by atoms with Gasteiger partial charge in [-0.2, -0.15) is 0 Å². The third-order valence-electron chi connectivity index (χ3n) is 3.64. The summed E-state index contributed by atoms with van der Waals surface area (Å²) in [7, 11) is 4.18. The largest absolute Gasteiger partial charge is 0.366 e. The highest BCUT2D eigenvalue weighted by Crippen LogP contribution is 2.31. The van der Waals surface area contributed by atoms with Gasteiger partial charge in [0.1, 0.15) is 0 Å². The lowest BCUT2D eigenvalue weighted by Crippen LogP contribution is -2.47. The van der Waals surface area contributed by atoms with Crippen molar-refractivity contribution >= 4 is 16.6 Å². The van der Waals surface area contributed by atoms with Crippen LogP contribution in [0.2, 0.25) is 0 Å². The van der Waals surface area contributed by atoms with Gasteiger partial charge < -0.3 is 15.2 Å². The van der Waals surface area contributed by atoms with E-state index in [-0.39, 0.29) is 5.54 Å². The quantitative estimate of drug-likeness (QED) is 0.880. The molecule has 3 nitrogen and oxygen atoms in total. The zero-order valence-corrected chi connectivity index (χ0v) is 11.1. The van der Waals surface area contributed by atoms with E-state index in [1.165, 1.54) is 16.6 Å². The van der Waals surface area contributed by atoms with Gasteiger partial charge in [-0.05, 0) is 19.9 Å². The summed E-state index contributed by atoms with van der Waals surface area (Å²) in [4.78, 5) is 2.26. The van der Waals surface area contributed by atoms with Crippen LogP contribution in [-0.2, 0) is 7.05 Å². The summed E-state index contributed by atoms with van der Waals surface area (Å²) < 4.78 is 2.16. The molecule has 2 N–H and O–H groups in total. The van der Waals surface area contributed by atoms with Gasteiger partial charge in [0.05, 0.1) is 5.69 Å². The Balaban J connectivity index is 2.56. The lowest BCUT2D eigenvalue weighted by molar-refractivity contribution is 0.499. The molecule has 0 saturated carbocycles. The van der Waals surface area contributed by atoms with Crippen LogP contribution in [0.5, 0.6) is 0 Å². The first-order valence-electron chi connectivity index (χ1n) is 5.95. The molecule has 0 aliphatic heterocycles. The van der Waals surface area contributed by atoms with Crippen molar-refractivity contribution in [2.24, 2.45) is 12.8 Å². The zero-order valence-electron chi connectivity index (χ0n) is 11.1. The van der Waals surface area contributed by atoms with Crippen molar-refractivity contribution in [1.29, 1.82) is 0 Å². The van der Waals surface area contributed by atoms with Gasteiger partial charge in [-0.25, -0.2) is 0 Å². The lowest BCUT2D eigenvalue weighted by atomic mass is 10.0. The summed E-state index contributed by atoms with van der Waals surface area (Å²) in [5.74, 6) is 0. The molecule has 3 heteroatoms. The number of hydrogen-bond donors (Lipinski definition) is 1. The number of para-hydroxylation sites is 1. The fourth-order valence-corrected chi connectivity index (χ4v) is 2.05. The van der Waals surface area contributed by atoms with Crippen molar-refractivity contribution in [2.45, 2.75) is 19.4 Å². The van der Waals surface area contributed by atoms with Crippen molar-refractivity contribution in [2.75, 3.05) is 18.5 Å². The second-order valence-electron chi connectivity index (χ2n) is 5.22. The summed E-state index contributed by atoms with van der Waals surface area (Å²) in [6.45, 7) is 4.95. The van der Waals surface area contributed by atoms with Crippen LogP contribution in [0.1, 0.15) is 13.8 Å². The number of fused-ring (bicyclic) bond motifs is 1. The van der Waals surface area contributed by atoms with E-state index in [1.807, 2.05) is 0 Å². The predicted molar refractivity (Wildman–Crippen MR) is 74.5 cm³/mol. The fraction of sp³-hybridized carbons (Fsp3) is 0.429. The van der Waals surface area contributed by atoms with Crippen LogP contribution in [0, 0.1) is 0 Å². The number of likely N-dealkylation sites (N-methyl/N-ethyl adjacent to an activating group) is 1. The van der Waals surface area contributed by atoms with Crippen molar-refractivity contribution in [3.63, 3.8) is 0 Å². The average Bonchev–Trinajstić information content (AvgIpc) is 2.66. The molecule has 2 rings (SSSR count). The number of anilines is 1. The van der Waals surface area contributed by atoms with E-state index >= 15 is 0 Å². The second kappa shape index (κ2) is 4.08. The van der Waals surface area contributed by atoms with E-state index in [2.05, 4.69) is 67.9 Å². The topological polar surface area (TPSA) is 34.2 Å². The maximum absolute atomic E-state index is 5.85. The highest BCUT2D eigenvalue weighted by Gasteiger charge is 2.24. The minimum absolute atomic E-state index is 0.0376. The number of hydrogen-bond acceptors (Lipinski definition) is 2. The molecule has 0 radical (unpaired) electrons. The molecule has 1 aromatic carbocycles. The lowest BCUT2D eigenvalue weighted by Gasteiger charge is -2.36. The van der Waals surface area contributed by atoms with E-state index in [4.69, 9.17) is 5.73 Å². The first kappa shape index (κ1) is 12.0. The molecule has 2 aromatic rings. The van der Waals surface area contributed by atoms with Crippen LogP contribution in [0.25, 0.3) is 10.9 Å². The Morgan fingerprint density at radius 3 is 2.59 bits per heavy atom. The van der Waals surface area contributed by atoms with Crippen LogP contribution >= 0.6 is 0 Å². The Morgan fingerprint density at radius 2 is 1.94 bits per heavy atom. The van der Waals surface area contributed by atoms with Crippen molar-refractivity contribution in [3.8, 4) is 0 Å². The number of rotatable bonds is 3. The number of aromatic nitrogens is 1. The van der Waals surface area contributed by atoms with Crippen molar-refractivity contribution < 1.29 is 0 Å². The monoisotopic (exact) mass is 231 g/mol. The number of nitrogens with two attached hydrogens (primary N) is 1. The molecular formula is C14H21N3. The molecule has 0 unspecified atom stereocenters. The van der Waals surface area contributed by atoms with Gasteiger partial charge in [0, 0.05) is 43.3 Å². The van der Waals surface area contributed by atoms with Crippen molar-refractivity contribution in [3.05, 3.63) is 30.5 Å². The number of nitrogens with zero attached hydrogens (tertiary/aromatic N) is 2. The maximum atomic E-state index is 5.85. The third-order valence-corrected chi connectivity index (χ3v) is 3.64. The standard InChI is InChI=1S/C14H21N3/c1-14(2,10-15)17(4)13-9-16(3)12-8-6-5-7-11(12)13/h5-9H,10,15H2,1-4H3. The Bertz CT molecular complexity index is 525. The molecular weight excluding hydrogens is 210 g/mol. The first-order chi connectivity index (χ1) is 7.97. The molecule has 1 aromatic heterocycles. The molecule has 0 spiro atoms. The third kappa shape index (κ3) is 1.91. The van der Waals surface area contributed by atoms with Gasteiger partial charge in [-0.15, -0.1) is 0 Å². The summed E-state index contributed by atoms with van der Waals surface area (Å²) in [5, 5.41) is 1.28.